The van der Waals surface area contributed by atoms with E-state index in [1.54, 1.807) is 0 Å². The average Bonchev–Trinajstić information content (AvgIpc) is 2.65. The van der Waals surface area contributed by atoms with Crippen molar-refractivity contribution in [2.24, 2.45) is 0 Å². The molecule has 1 aliphatic rings. The molecule has 0 heterocycles. The van der Waals surface area contributed by atoms with E-state index in [1.165, 1.54) is 56.9 Å². The number of hydrogen-bond acceptors (Lipinski definition) is 1. The predicted molar refractivity (Wildman–Crippen MR) is 106 cm³/mol. The van der Waals surface area contributed by atoms with Crippen LogP contribution in [0, 0.1) is 0 Å². The molecule has 1 N–H and O–H groups in total. The summed E-state index contributed by atoms with van der Waals surface area (Å²) in [5.74, 6) is 0. The van der Waals surface area contributed by atoms with Gasteiger partial charge in [0.05, 0.1) is 0 Å². The van der Waals surface area contributed by atoms with Crippen LogP contribution in [-0.2, 0) is 6.54 Å². The maximum absolute atomic E-state index is 12.8. The highest BCUT2D eigenvalue weighted by atomic mass is 16.2. The lowest BCUT2D eigenvalue weighted by molar-refractivity contribution is 0.186. The molecule has 3 heteroatoms. The van der Waals surface area contributed by atoms with Crippen LogP contribution >= 0.6 is 0 Å². The summed E-state index contributed by atoms with van der Waals surface area (Å²) in [5.41, 5.74) is 1.22. The van der Waals surface area contributed by atoms with Gasteiger partial charge in [-0.1, -0.05) is 88.6 Å². The van der Waals surface area contributed by atoms with Crippen molar-refractivity contribution in [1.82, 2.24) is 10.2 Å². The Balaban J connectivity index is 1.83. The van der Waals surface area contributed by atoms with Crippen LogP contribution in [0.4, 0.5) is 4.79 Å². The molecule has 1 aromatic carbocycles. The van der Waals surface area contributed by atoms with Gasteiger partial charge < -0.3 is 10.2 Å². The minimum atomic E-state index is 0.129. The van der Waals surface area contributed by atoms with E-state index in [9.17, 15) is 4.79 Å². The highest BCUT2D eigenvalue weighted by Gasteiger charge is 2.19. The molecule has 3 nitrogen and oxygen atoms in total. The zero-order valence-corrected chi connectivity index (χ0v) is 16.0. The first kappa shape index (κ1) is 19.8. The Morgan fingerprint density at radius 2 is 1.68 bits per heavy atom. The van der Waals surface area contributed by atoms with Gasteiger partial charge in [0.15, 0.2) is 0 Å². The van der Waals surface area contributed by atoms with Crippen LogP contribution in [0.1, 0.15) is 83.1 Å². The van der Waals surface area contributed by atoms with Crippen LogP contribution in [0.5, 0.6) is 0 Å². The lowest BCUT2D eigenvalue weighted by Gasteiger charge is -2.28. The Labute approximate surface area is 154 Å². The van der Waals surface area contributed by atoms with Gasteiger partial charge >= 0.3 is 6.03 Å². The van der Waals surface area contributed by atoms with Gasteiger partial charge in [0.1, 0.15) is 0 Å². The number of rotatable bonds is 10. The number of hydrogen-bond donors (Lipinski definition) is 1. The summed E-state index contributed by atoms with van der Waals surface area (Å²) in [7, 11) is 0. The predicted octanol–water partition coefficient (Wildman–Crippen LogP) is 5.89. The Morgan fingerprint density at radius 1 is 1.00 bits per heavy atom. The number of urea groups is 1. The smallest absolute Gasteiger partial charge is 0.317 e. The summed E-state index contributed by atoms with van der Waals surface area (Å²) < 4.78 is 0. The summed E-state index contributed by atoms with van der Waals surface area (Å²) in [6.45, 7) is 3.82. The van der Waals surface area contributed by atoms with Crippen LogP contribution in [0.25, 0.3) is 0 Å². The second kappa shape index (κ2) is 11.9. The maximum Gasteiger partial charge on any atom is 0.317 e. The molecule has 140 valence electrons. The third-order valence-electron chi connectivity index (χ3n) is 5.22. The second-order valence-electron chi connectivity index (χ2n) is 7.46. The maximum atomic E-state index is 12.8. The molecule has 0 spiro atoms. The average molecular weight is 345 g/mol. The zero-order valence-electron chi connectivity index (χ0n) is 16.0. The number of nitrogens with zero attached hydrogens (tertiary/aromatic N) is 1. The number of unbranched alkanes of at least 4 members (excludes halogenated alkanes) is 5. The number of carbonyl (C=O) groups excluding carboxylic acids is 1. The molecule has 25 heavy (non-hydrogen) atoms. The fourth-order valence-corrected chi connectivity index (χ4v) is 3.65. The third-order valence-corrected chi connectivity index (χ3v) is 5.22. The molecule has 0 aliphatic heterocycles. The van der Waals surface area contributed by atoms with E-state index in [-0.39, 0.29) is 6.03 Å². The van der Waals surface area contributed by atoms with Gasteiger partial charge in [-0.15, -0.1) is 0 Å². The molecule has 0 atom stereocenters. The van der Waals surface area contributed by atoms with Crippen LogP contribution in [0.15, 0.2) is 30.3 Å². The van der Waals surface area contributed by atoms with Gasteiger partial charge in [0.25, 0.3) is 0 Å². The number of benzene rings is 1. The monoisotopic (exact) mass is 344 g/mol. The molecular weight excluding hydrogens is 308 g/mol. The summed E-state index contributed by atoms with van der Waals surface area (Å²) in [6, 6.07) is 10.9. The quantitative estimate of drug-likeness (QED) is 0.527. The lowest BCUT2D eigenvalue weighted by Crippen LogP contribution is -2.45. The van der Waals surface area contributed by atoms with Crippen molar-refractivity contribution in [3.63, 3.8) is 0 Å². The summed E-state index contributed by atoms with van der Waals surface area (Å²) in [5, 5.41) is 3.29. The highest BCUT2D eigenvalue weighted by molar-refractivity contribution is 5.74. The topological polar surface area (TPSA) is 32.3 Å². The van der Waals surface area contributed by atoms with Gasteiger partial charge in [-0.05, 0) is 24.8 Å². The number of carbonyl (C=O) groups is 1. The first-order chi connectivity index (χ1) is 12.3. The van der Waals surface area contributed by atoms with Crippen molar-refractivity contribution in [3.05, 3.63) is 35.9 Å². The largest absolute Gasteiger partial charge is 0.335 e. The molecule has 0 saturated heterocycles. The minimum absolute atomic E-state index is 0.129. The summed E-state index contributed by atoms with van der Waals surface area (Å²) in [4.78, 5) is 14.8. The summed E-state index contributed by atoms with van der Waals surface area (Å²) >= 11 is 0. The molecule has 1 fully saturated rings. The molecule has 1 aromatic rings. The van der Waals surface area contributed by atoms with E-state index in [1.807, 2.05) is 11.0 Å². The van der Waals surface area contributed by atoms with Gasteiger partial charge in [-0.2, -0.15) is 0 Å². The van der Waals surface area contributed by atoms with Crippen molar-refractivity contribution in [2.45, 2.75) is 90.1 Å². The van der Waals surface area contributed by atoms with Crippen LogP contribution < -0.4 is 5.32 Å². The van der Waals surface area contributed by atoms with Crippen molar-refractivity contribution >= 4 is 6.03 Å². The van der Waals surface area contributed by atoms with E-state index in [4.69, 9.17) is 0 Å². The zero-order chi connectivity index (χ0) is 17.7. The van der Waals surface area contributed by atoms with Crippen molar-refractivity contribution in [3.8, 4) is 0 Å². The fraction of sp³-hybridized carbons (Fsp3) is 0.682. The Hall–Kier alpha value is -1.51. The third kappa shape index (κ3) is 7.94. The molecule has 2 amide bonds. The number of amides is 2. The van der Waals surface area contributed by atoms with Gasteiger partial charge in [-0.3, -0.25) is 0 Å². The molecular formula is C22H36N2O. The van der Waals surface area contributed by atoms with E-state index < -0.39 is 0 Å². The fourth-order valence-electron chi connectivity index (χ4n) is 3.65. The Morgan fingerprint density at radius 3 is 2.40 bits per heavy atom. The summed E-state index contributed by atoms with van der Waals surface area (Å²) in [6.07, 6.45) is 13.7. The molecule has 1 aliphatic carbocycles. The van der Waals surface area contributed by atoms with Crippen molar-refractivity contribution in [2.75, 3.05) is 6.54 Å². The first-order valence-corrected chi connectivity index (χ1v) is 10.4. The second-order valence-corrected chi connectivity index (χ2v) is 7.46. The van der Waals surface area contributed by atoms with E-state index in [0.717, 1.165) is 25.8 Å². The molecule has 0 aromatic heterocycles. The SMILES string of the molecule is CCCCCCCCN(Cc1ccccc1)C(=O)NC1CCCCC1. The highest BCUT2D eigenvalue weighted by Crippen LogP contribution is 2.18. The van der Waals surface area contributed by atoms with Crippen LogP contribution in [0.3, 0.4) is 0 Å². The van der Waals surface area contributed by atoms with Gasteiger partial charge in [0, 0.05) is 19.1 Å². The van der Waals surface area contributed by atoms with E-state index in [0.29, 0.717) is 12.6 Å². The van der Waals surface area contributed by atoms with Crippen LogP contribution in [0.2, 0.25) is 0 Å². The molecule has 2 rings (SSSR count). The lowest BCUT2D eigenvalue weighted by atomic mass is 9.96. The standard InChI is InChI=1S/C22H36N2O/c1-2-3-4-5-6-13-18-24(19-20-14-9-7-10-15-20)22(25)23-21-16-11-8-12-17-21/h7,9-10,14-15,21H,2-6,8,11-13,16-19H2,1H3,(H,23,25). The molecule has 0 unspecified atom stereocenters. The Kier molecular flexibility index (Phi) is 9.46. The normalized spacial score (nSPS) is 15.1. The van der Waals surface area contributed by atoms with E-state index in [2.05, 4.69) is 36.5 Å². The minimum Gasteiger partial charge on any atom is -0.335 e. The number of nitrogens with one attached hydrogen (secondary N) is 1. The van der Waals surface area contributed by atoms with Crippen molar-refractivity contribution < 1.29 is 4.79 Å². The van der Waals surface area contributed by atoms with Crippen LogP contribution in [-0.4, -0.2) is 23.5 Å². The molecule has 0 radical (unpaired) electrons. The Bertz CT molecular complexity index is 468. The van der Waals surface area contributed by atoms with Crippen molar-refractivity contribution in [1.29, 1.82) is 0 Å². The molecule has 1 saturated carbocycles. The van der Waals surface area contributed by atoms with Gasteiger partial charge in [0.2, 0.25) is 0 Å². The first-order valence-electron chi connectivity index (χ1n) is 10.4. The van der Waals surface area contributed by atoms with E-state index >= 15 is 0 Å². The molecule has 0 bridgehead atoms. The van der Waals surface area contributed by atoms with Gasteiger partial charge in [-0.25, -0.2) is 4.79 Å².